The number of benzene rings is 2. The highest BCUT2D eigenvalue weighted by Crippen LogP contribution is 2.26. The Balaban J connectivity index is 1.95. The Morgan fingerprint density at radius 1 is 1.23 bits per heavy atom. The van der Waals surface area contributed by atoms with E-state index in [1.807, 2.05) is 6.92 Å². The van der Waals surface area contributed by atoms with Crippen molar-refractivity contribution < 1.29 is 18.7 Å². The number of hydrogen-bond donors (Lipinski definition) is 1. The van der Waals surface area contributed by atoms with Crippen molar-refractivity contribution in [2.75, 3.05) is 17.7 Å². The van der Waals surface area contributed by atoms with Gasteiger partial charge in [-0.3, -0.25) is 9.59 Å². The summed E-state index contributed by atoms with van der Waals surface area (Å²) in [6.07, 6.45) is 0. The topological polar surface area (TPSA) is 55.4 Å². The van der Waals surface area contributed by atoms with Crippen LogP contribution in [0.25, 0.3) is 0 Å². The first-order valence-electron chi connectivity index (χ1n) is 8.00. The molecule has 0 saturated carbocycles. The van der Waals surface area contributed by atoms with Gasteiger partial charge in [0.05, 0.1) is 17.4 Å². The minimum absolute atomic E-state index is 0.0229. The number of carbonyl (C=O) groups is 2. The largest absolute Gasteiger partial charge is 0.494 e. The van der Waals surface area contributed by atoms with E-state index in [-0.39, 0.29) is 22.5 Å². The van der Waals surface area contributed by atoms with E-state index in [4.69, 9.17) is 16.3 Å². The highest BCUT2D eigenvalue weighted by Gasteiger charge is 2.10. The summed E-state index contributed by atoms with van der Waals surface area (Å²) < 4.78 is 18.7. The molecule has 4 nitrogen and oxygen atoms in total. The Morgan fingerprint density at radius 2 is 2.00 bits per heavy atom. The molecular weight excluding hydrogens is 377 g/mol. The number of ether oxygens (including phenoxy) is 1. The van der Waals surface area contributed by atoms with Gasteiger partial charge in [0.2, 0.25) is 5.91 Å². The highest BCUT2D eigenvalue weighted by atomic mass is 35.5. The van der Waals surface area contributed by atoms with Crippen LogP contribution in [0.5, 0.6) is 5.75 Å². The zero-order chi connectivity index (χ0) is 19.1. The maximum Gasteiger partial charge on any atom is 0.234 e. The molecule has 2 aromatic carbocycles. The maximum atomic E-state index is 13.1. The standard InChI is InChI=1S/C19H19ClFNO3S/c1-3-25-18-7-4-13(12(2)23)8-14(18)10-26-11-19(24)22-15-5-6-17(21)16(20)9-15/h4-9H,3,10-11H2,1-2H3,(H,22,24). The molecule has 0 aliphatic heterocycles. The van der Waals surface area contributed by atoms with Gasteiger partial charge in [0.25, 0.3) is 0 Å². The van der Waals surface area contributed by atoms with E-state index in [0.717, 1.165) is 5.56 Å². The molecule has 26 heavy (non-hydrogen) atoms. The third-order valence-electron chi connectivity index (χ3n) is 3.46. The summed E-state index contributed by atoms with van der Waals surface area (Å²) in [5.74, 6) is 0.644. The van der Waals surface area contributed by atoms with Crippen LogP contribution < -0.4 is 10.1 Å². The van der Waals surface area contributed by atoms with Gasteiger partial charge in [0.15, 0.2) is 5.78 Å². The van der Waals surface area contributed by atoms with Crippen molar-refractivity contribution in [1.29, 1.82) is 0 Å². The first-order valence-corrected chi connectivity index (χ1v) is 9.53. The molecule has 2 rings (SSSR count). The van der Waals surface area contributed by atoms with Crippen LogP contribution in [-0.4, -0.2) is 24.1 Å². The number of Topliss-reactive ketones (excluding diaryl/α,β-unsaturated/α-hetero) is 1. The van der Waals surface area contributed by atoms with Gasteiger partial charge < -0.3 is 10.1 Å². The first-order chi connectivity index (χ1) is 12.4. The van der Waals surface area contributed by atoms with Gasteiger partial charge in [-0.25, -0.2) is 4.39 Å². The van der Waals surface area contributed by atoms with Crippen molar-refractivity contribution in [3.8, 4) is 5.75 Å². The fourth-order valence-electron chi connectivity index (χ4n) is 2.23. The second kappa shape index (κ2) is 9.59. The second-order valence-electron chi connectivity index (χ2n) is 5.48. The van der Waals surface area contributed by atoms with Gasteiger partial charge in [-0.2, -0.15) is 0 Å². The highest BCUT2D eigenvalue weighted by molar-refractivity contribution is 7.99. The van der Waals surface area contributed by atoms with E-state index < -0.39 is 5.82 Å². The van der Waals surface area contributed by atoms with Gasteiger partial charge in [0, 0.05) is 22.6 Å². The summed E-state index contributed by atoms with van der Waals surface area (Å²) in [6, 6.07) is 9.31. The van der Waals surface area contributed by atoms with Crippen LogP contribution in [0.4, 0.5) is 10.1 Å². The molecule has 0 aromatic heterocycles. The fraction of sp³-hybridized carbons (Fsp3) is 0.263. The summed E-state index contributed by atoms with van der Waals surface area (Å²) >= 11 is 7.09. The number of amides is 1. The lowest BCUT2D eigenvalue weighted by Crippen LogP contribution is -2.14. The Morgan fingerprint density at radius 3 is 2.65 bits per heavy atom. The van der Waals surface area contributed by atoms with Crippen LogP contribution >= 0.6 is 23.4 Å². The predicted octanol–water partition coefficient (Wildman–Crippen LogP) is 4.95. The normalized spacial score (nSPS) is 10.5. The van der Waals surface area contributed by atoms with Gasteiger partial charge in [-0.1, -0.05) is 11.6 Å². The number of thioether (sulfide) groups is 1. The van der Waals surface area contributed by atoms with E-state index in [0.29, 0.717) is 29.4 Å². The zero-order valence-electron chi connectivity index (χ0n) is 14.5. The summed E-state index contributed by atoms with van der Waals surface area (Å²) in [4.78, 5) is 23.6. The van der Waals surface area contributed by atoms with Crippen molar-refractivity contribution in [3.05, 3.63) is 58.4 Å². The third-order valence-corrected chi connectivity index (χ3v) is 4.73. The molecule has 138 valence electrons. The van der Waals surface area contributed by atoms with Crippen molar-refractivity contribution >= 4 is 40.7 Å². The van der Waals surface area contributed by atoms with Crippen LogP contribution in [0.15, 0.2) is 36.4 Å². The smallest absolute Gasteiger partial charge is 0.234 e. The van der Waals surface area contributed by atoms with Crippen LogP contribution in [0.1, 0.15) is 29.8 Å². The number of ketones is 1. The number of carbonyl (C=O) groups excluding carboxylic acids is 2. The third kappa shape index (κ3) is 5.75. The summed E-state index contributed by atoms with van der Waals surface area (Å²) in [7, 11) is 0. The molecule has 0 atom stereocenters. The van der Waals surface area contributed by atoms with Gasteiger partial charge in [0.1, 0.15) is 11.6 Å². The maximum absolute atomic E-state index is 13.1. The average Bonchev–Trinajstić information content (AvgIpc) is 2.59. The fourth-order valence-corrected chi connectivity index (χ4v) is 3.22. The summed E-state index contributed by atoms with van der Waals surface area (Å²) in [5.41, 5.74) is 1.91. The zero-order valence-corrected chi connectivity index (χ0v) is 16.0. The van der Waals surface area contributed by atoms with Crippen molar-refractivity contribution in [1.82, 2.24) is 0 Å². The van der Waals surface area contributed by atoms with E-state index in [1.54, 1.807) is 18.2 Å². The van der Waals surface area contributed by atoms with E-state index in [2.05, 4.69) is 5.32 Å². The molecule has 0 unspecified atom stereocenters. The Bertz CT molecular complexity index is 813. The number of rotatable bonds is 8. The lowest BCUT2D eigenvalue weighted by Gasteiger charge is -2.11. The van der Waals surface area contributed by atoms with Crippen molar-refractivity contribution in [2.45, 2.75) is 19.6 Å². The number of halogens is 2. The Kier molecular flexibility index (Phi) is 7.48. The van der Waals surface area contributed by atoms with E-state index >= 15 is 0 Å². The second-order valence-corrected chi connectivity index (χ2v) is 6.87. The molecule has 1 N–H and O–H groups in total. The average molecular weight is 396 g/mol. The van der Waals surface area contributed by atoms with Gasteiger partial charge in [-0.15, -0.1) is 11.8 Å². The molecule has 0 aliphatic rings. The number of hydrogen-bond acceptors (Lipinski definition) is 4. The Labute approximate surface area is 161 Å². The SMILES string of the molecule is CCOc1ccc(C(C)=O)cc1CSCC(=O)Nc1ccc(F)c(Cl)c1. The molecule has 0 aliphatic carbocycles. The van der Waals surface area contributed by atoms with Crippen LogP contribution in [0.2, 0.25) is 5.02 Å². The molecule has 1 amide bonds. The van der Waals surface area contributed by atoms with E-state index in [9.17, 15) is 14.0 Å². The van der Waals surface area contributed by atoms with Crippen LogP contribution in [-0.2, 0) is 10.5 Å². The lowest BCUT2D eigenvalue weighted by molar-refractivity contribution is -0.113. The summed E-state index contributed by atoms with van der Waals surface area (Å²) in [5, 5.41) is 2.63. The molecular formula is C19H19ClFNO3S. The molecule has 2 aromatic rings. The molecule has 0 saturated heterocycles. The molecule has 0 bridgehead atoms. The molecule has 0 spiro atoms. The number of anilines is 1. The minimum atomic E-state index is -0.534. The molecule has 0 fully saturated rings. The Hall–Kier alpha value is -2.05. The molecule has 7 heteroatoms. The van der Waals surface area contributed by atoms with Gasteiger partial charge >= 0.3 is 0 Å². The quantitative estimate of drug-likeness (QED) is 0.642. The summed E-state index contributed by atoms with van der Waals surface area (Å²) in [6.45, 7) is 3.91. The van der Waals surface area contributed by atoms with Crippen molar-refractivity contribution in [2.24, 2.45) is 0 Å². The number of nitrogens with one attached hydrogen (secondary N) is 1. The molecule has 0 radical (unpaired) electrons. The lowest BCUT2D eigenvalue weighted by atomic mass is 10.1. The predicted molar refractivity (Wildman–Crippen MR) is 104 cm³/mol. The van der Waals surface area contributed by atoms with Crippen LogP contribution in [0.3, 0.4) is 0 Å². The van der Waals surface area contributed by atoms with E-state index in [1.165, 1.54) is 36.9 Å². The van der Waals surface area contributed by atoms with Crippen LogP contribution in [0, 0.1) is 5.82 Å². The minimum Gasteiger partial charge on any atom is -0.494 e. The van der Waals surface area contributed by atoms with Crippen molar-refractivity contribution in [3.63, 3.8) is 0 Å². The molecule has 0 heterocycles. The van der Waals surface area contributed by atoms with Gasteiger partial charge in [-0.05, 0) is 50.2 Å². The monoisotopic (exact) mass is 395 g/mol. The first kappa shape index (κ1) is 20.3.